The van der Waals surface area contributed by atoms with Gasteiger partial charge in [-0.25, -0.2) is 4.68 Å². The summed E-state index contributed by atoms with van der Waals surface area (Å²) in [7, 11) is 0. The molecule has 1 aromatic heterocycles. The Balaban J connectivity index is 2.62. The van der Waals surface area contributed by atoms with Crippen LogP contribution < -0.4 is 0 Å². The molecule has 1 heterocycles. The van der Waals surface area contributed by atoms with Gasteiger partial charge in [0.2, 0.25) is 0 Å². The molecule has 11 heavy (non-hydrogen) atoms. The lowest BCUT2D eigenvalue weighted by molar-refractivity contribution is 0.558. The molecule has 0 aliphatic heterocycles. The monoisotopic (exact) mass is 217 g/mol. The molecule has 1 rings (SSSR count). The Morgan fingerprint density at radius 2 is 2.45 bits per heavy atom. The van der Waals surface area contributed by atoms with Crippen molar-refractivity contribution in [2.45, 2.75) is 26.3 Å². The fraction of sp³-hybridized carbons (Fsp3) is 0.714. The standard InChI is InChI=1S/C7H12BrN3/c1-2-5-11-7(3-4-8)6-9-10-11/h6H,2-5H2,1H3. The van der Waals surface area contributed by atoms with Crippen LogP contribution in [0.25, 0.3) is 0 Å². The van der Waals surface area contributed by atoms with Crippen molar-refractivity contribution in [3.05, 3.63) is 11.9 Å². The van der Waals surface area contributed by atoms with Crippen molar-refractivity contribution in [2.75, 3.05) is 5.33 Å². The van der Waals surface area contributed by atoms with Gasteiger partial charge in [-0.1, -0.05) is 28.1 Å². The first-order valence-electron chi connectivity index (χ1n) is 3.81. The minimum absolute atomic E-state index is 0.975. The second kappa shape index (κ2) is 4.49. The van der Waals surface area contributed by atoms with Crippen LogP contribution in [0, 0.1) is 0 Å². The van der Waals surface area contributed by atoms with E-state index >= 15 is 0 Å². The molecular weight excluding hydrogens is 206 g/mol. The average Bonchev–Trinajstić information content (AvgIpc) is 2.39. The van der Waals surface area contributed by atoms with E-state index in [1.165, 1.54) is 5.69 Å². The van der Waals surface area contributed by atoms with Gasteiger partial charge in [-0.05, 0) is 6.42 Å². The Labute approximate surface area is 74.9 Å². The van der Waals surface area contributed by atoms with Crippen LogP contribution >= 0.6 is 15.9 Å². The molecule has 3 nitrogen and oxygen atoms in total. The van der Waals surface area contributed by atoms with Crippen LogP contribution in [-0.2, 0) is 13.0 Å². The van der Waals surface area contributed by atoms with E-state index in [1.54, 1.807) is 0 Å². The first-order valence-corrected chi connectivity index (χ1v) is 4.94. The zero-order valence-electron chi connectivity index (χ0n) is 6.63. The molecule has 0 saturated heterocycles. The van der Waals surface area contributed by atoms with Crippen LogP contribution in [-0.4, -0.2) is 20.3 Å². The van der Waals surface area contributed by atoms with Gasteiger partial charge in [0.25, 0.3) is 0 Å². The molecule has 62 valence electrons. The highest BCUT2D eigenvalue weighted by Gasteiger charge is 2.00. The van der Waals surface area contributed by atoms with E-state index in [9.17, 15) is 0 Å². The zero-order chi connectivity index (χ0) is 8.10. The number of halogens is 1. The van der Waals surface area contributed by atoms with Gasteiger partial charge in [0.05, 0.1) is 11.9 Å². The van der Waals surface area contributed by atoms with Crippen molar-refractivity contribution in [3.8, 4) is 0 Å². The third-order valence-corrected chi connectivity index (χ3v) is 1.88. The number of aromatic nitrogens is 3. The lowest BCUT2D eigenvalue weighted by atomic mass is 10.3. The molecule has 0 saturated carbocycles. The number of nitrogens with zero attached hydrogens (tertiary/aromatic N) is 3. The van der Waals surface area contributed by atoms with Crippen LogP contribution in [0.5, 0.6) is 0 Å². The van der Waals surface area contributed by atoms with Gasteiger partial charge in [0, 0.05) is 18.3 Å². The average molecular weight is 218 g/mol. The number of hydrogen-bond acceptors (Lipinski definition) is 2. The second-order valence-corrected chi connectivity index (χ2v) is 3.18. The van der Waals surface area contributed by atoms with E-state index in [1.807, 2.05) is 10.9 Å². The summed E-state index contributed by atoms with van der Waals surface area (Å²) in [4.78, 5) is 0. The summed E-state index contributed by atoms with van der Waals surface area (Å²) in [6.45, 7) is 3.11. The maximum Gasteiger partial charge on any atom is 0.0725 e. The molecule has 0 N–H and O–H groups in total. The molecule has 0 unspecified atom stereocenters. The molecule has 0 aliphatic carbocycles. The van der Waals surface area contributed by atoms with Gasteiger partial charge >= 0.3 is 0 Å². The van der Waals surface area contributed by atoms with Gasteiger partial charge < -0.3 is 0 Å². The minimum atomic E-state index is 0.975. The molecule has 0 bridgehead atoms. The Morgan fingerprint density at radius 3 is 3.09 bits per heavy atom. The Hall–Kier alpha value is -0.380. The van der Waals surface area contributed by atoms with Crippen LogP contribution in [0.4, 0.5) is 0 Å². The van der Waals surface area contributed by atoms with Crippen LogP contribution in [0.3, 0.4) is 0 Å². The SMILES string of the molecule is CCCn1nncc1CCBr. The highest BCUT2D eigenvalue weighted by molar-refractivity contribution is 9.09. The topological polar surface area (TPSA) is 30.7 Å². The number of aryl methyl sites for hydroxylation is 2. The minimum Gasteiger partial charge on any atom is -0.249 e. The van der Waals surface area contributed by atoms with E-state index in [0.717, 1.165) is 24.7 Å². The maximum absolute atomic E-state index is 3.97. The summed E-state index contributed by atoms with van der Waals surface area (Å²) < 4.78 is 1.96. The third kappa shape index (κ3) is 2.29. The second-order valence-electron chi connectivity index (χ2n) is 2.39. The normalized spacial score (nSPS) is 10.4. The molecule has 0 amide bonds. The summed E-state index contributed by atoms with van der Waals surface area (Å²) in [5, 5.41) is 8.80. The molecule has 4 heteroatoms. The molecular formula is C7H12BrN3. The van der Waals surface area contributed by atoms with Crippen LogP contribution in [0.2, 0.25) is 0 Å². The third-order valence-electron chi connectivity index (χ3n) is 1.48. The fourth-order valence-corrected chi connectivity index (χ4v) is 1.38. The van der Waals surface area contributed by atoms with E-state index in [2.05, 4.69) is 33.2 Å². The van der Waals surface area contributed by atoms with Crippen molar-refractivity contribution in [2.24, 2.45) is 0 Å². The molecule has 0 spiro atoms. The smallest absolute Gasteiger partial charge is 0.0725 e. The number of hydrogen-bond donors (Lipinski definition) is 0. The summed E-state index contributed by atoms with van der Waals surface area (Å²) in [6, 6.07) is 0. The Bertz CT molecular complexity index is 189. The zero-order valence-corrected chi connectivity index (χ0v) is 8.21. The Kier molecular flexibility index (Phi) is 3.56. The van der Waals surface area contributed by atoms with Gasteiger partial charge in [0.1, 0.15) is 0 Å². The van der Waals surface area contributed by atoms with E-state index < -0.39 is 0 Å². The molecule has 0 aliphatic rings. The number of alkyl halides is 1. The van der Waals surface area contributed by atoms with Crippen molar-refractivity contribution >= 4 is 15.9 Å². The van der Waals surface area contributed by atoms with E-state index in [0.29, 0.717) is 0 Å². The predicted molar refractivity (Wildman–Crippen MR) is 47.8 cm³/mol. The first-order chi connectivity index (χ1) is 5.38. The molecule has 0 radical (unpaired) electrons. The fourth-order valence-electron chi connectivity index (χ4n) is 0.969. The maximum atomic E-state index is 3.97. The summed E-state index contributed by atoms with van der Waals surface area (Å²) in [5.41, 5.74) is 1.21. The highest BCUT2D eigenvalue weighted by Crippen LogP contribution is 2.00. The largest absolute Gasteiger partial charge is 0.249 e. The number of rotatable bonds is 4. The quantitative estimate of drug-likeness (QED) is 0.719. The van der Waals surface area contributed by atoms with Crippen molar-refractivity contribution in [1.82, 2.24) is 15.0 Å². The molecule has 1 aromatic rings. The first kappa shape index (κ1) is 8.71. The molecule has 0 atom stereocenters. The predicted octanol–water partition coefficient (Wildman–Crippen LogP) is 1.63. The van der Waals surface area contributed by atoms with E-state index in [-0.39, 0.29) is 0 Å². The van der Waals surface area contributed by atoms with Crippen LogP contribution in [0.15, 0.2) is 6.20 Å². The summed E-state index contributed by atoms with van der Waals surface area (Å²) >= 11 is 3.39. The molecule has 0 fully saturated rings. The lowest BCUT2D eigenvalue weighted by Gasteiger charge is -2.00. The van der Waals surface area contributed by atoms with Gasteiger partial charge in [-0.2, -0.15) is 0 Å². The van der Waals surface area contributed by atoms with Crippen LogP contribution in [0.1, 0.15) is 19.0 Å². The highest BCUT2D eigenvalue weighted by atomic mass is 79.9. The summed E-state index contributed by atoms with van der Waals surface area (Å²) in [5.74, 6) is 0. The van der Waals surface area contributed by atoms with E-state index in [4.69, 9.17) is 0 Å². The Morgan fingerprint density at radius 1 is 1.64 bits per heavy atom. The van der Waals surface area contributed by atoms with Gasteiger partial charge in [0.15, 0.2) is 0 Å². The van der Waals surface area contributed by atoms with Crippen molar-refractivity contribution < 1.29 is 0 Å². The summed E-state index contributed by atoms with van der Waals surface area (Å²) in [6.07, 6.45) is 3.95. The van der Waals surface area contributed by atoms with Crippen molar-refractivity contribution in [1.29, 1.82) is 0 Å². The molecule has 0 aromatic carbocycles. The lowest BCUT2D eigenvalue weighted by Crippen LogP contribution is -2.04. The van der Waals surface area contributed by atoms with Crippen molar-refractivity contribution in [3.63, 3.8) is 0 Å². The van der Waals surface area contributed by atoms with Gasteiger partial charge in [-0.3, -0.25) is 0 Å². The van der Waals surface area contributed by atoms with Gasteiger partial charge in [-0.15, -0.1) is 5.10 Å².